The zero-order valence-electron chi connectivity index (χ0n) is 14.6. The summed E-state index contributed by atoms with van der Waals surface area (Å²) >= 11 is 0. The summed E-state index contributed by atoms with van der Waals surface area (Å²) in [6, 6.07) is 3.25. The van der Waals surface area contributed by atoms with Gasteiger partial charge in [-0.2, -0.15) is 0 Å². The lowest BCUT2D eigenvalue weighted by molar-refractivity contribution is 0.0469. The molecule has 0 fully saturated rings. The van der Waals surface area contributed by atoms with Crippen LogP contribution in [0.1, 0.15) is 60.4 Å². The number of H-pyrrole nitrogens is 1. The number of ether oxygens (including phenoxy) is 1. The summed E-state index contributed by atoms with van der Waals surface area (Å²) in [5.41, 5.74) is 5.28. The smallest absolute Gasteiger partial charge is 0.355 e. The summed E-state index contributed by atoms with van der Waals surface area (Å²) in [4.78, 5) is 38.3. The van der Waals surface area contributed by atoms with Crippen LogP contribution in [0.15, 0.2) is 18.3 Å². The minimum Gasteiger partial charge on any atom is -0.453 e. The van der Waals surface area contributed by atoms with Gasteiger partial charge in [0.1, 0.15) is 5.69 Å². The van der Waals surface area contributed by atoms with Crippen molar-refractivity contribution in [2.24, 2.45) is 0 Å². The average Bonchev–Trinajstić information content (AvgIpc) is 3.04. The molecule has 0 saturated carbocycles. The molecular weight excluding hydrogens is 306 g/mol. The molecule has 126 valence electrons. The first kappa shape index (κ1) is 17.7. The zero-order valence-corrected chi connectivity index (χ0v) is 14.6. The van der Waals surface area contributed by atoms with Gasteiger partial charge in [-0.25, -0.2) is 4.79 Å². The molecule has 2 rings (SSSR count). The molecule has 1 N–H and O–H groups in total. The highest BCUT2D eigenvalue weighted by molar-refractivity contribution is 6.01. The fourth-order valence-corrected chi connectivity index (χ4v) is 2.50. The zero-order chi connectivity index (χ0) is 18.0. The van der Waals surface area contributed by atoms with E-state index < -0.39 is 5.97 Å². The largest absolute Gasteiger partial charge is 0.453 e. The standard InChI is InChI=1S/C19H21NO4/c1-10-6-16(13(4)12(3)11(10)2)18(22)9-24-19(23)17-7-15(8-20-17)14(5)21/h6-8,20H,9H2,1-5H3. The van der Waals surface area contributed by atoms with Crippen LogP contribution in [-0.2, 0) is 4.74 Å². The predicted molar refractivity (Wildman–Crippen MR) is 90.8 cm³/mol. The molecule has 0 atom stereocenters. The van der Waals surface area contributed by atoms with E-state index in [1.165, 1.54) is 19.2 Å². The number of carbonyl (C=O) groups is 3. The van der Waals surface area contributed by atoms with Gasteiger partial charge in [-0.3, -0.25) is 9.59 Å². The summed E-state index contributed by atoms with van der Waals surface area (Å²) in [7, 11) is 0. The highest BCUT2D eigenvalue weighted by Crippen LogP contribution is 2.21. The minimum absolute atomic E-state index is 0.150. The third kappa shape index (κ3) is 3.45. The van der Waals surface area contributed by atoms with Crippen LogP contribution in [0.4, 0.5) is 0 Å². The van der Waals surface area contributed by atoms with Crippen LogP contribution >= 0.6 is 0 Å². The lowest BCUT2D eigenvalue weighted by Crippen LogP contribution is -2.16. The van der Waals surface area contributed by atoms with Gasteiger partial charge in [-0.1, -0.05) is 0 Å². The van der Waals surface area contributed by atoms with Crippen LogP contribution in [0.25, 0.3) is 0 Å². The Morgan fingerprint density at radius 1 is 1.00 bits per heavy atom. The Labute approximate surface area is 141 Å². The number of ketones is 2. The van der Waals surface area contributed by atoms with E-state index in [1.807, 2.05) is 33.8 Å². The minimum atomic E-state index is -0.658. The van der Waals surface area contributed by atoms with Crippen molar-refractivity contribution in [3.05, 3.63) is 57.4 Å². The number of Topliss-reactive ketones (excluding diaryl/α,β-unsaturated/α-hetero) is 2. The lowest BCUT2D eigenvalue weighted by Gasteiger charge is -2.13. The number of hydrogen-bond donors (Lipinski definition) is 1. The molecule has 0 amide bonds. The van der Waals surface area contributed by atoms with Gasteiger partial charge in [0.25, 0.3) is 0 Å². The van der Waals surface area contributed by atoms with E-state index in [1.54, 1.807) is 0 Å². The number of carbonyl (C=O) groups excluding carboxylic acids is 3. The van der Waals surface area contributed by atoms with Crippen molar-refractivity contribution in [2.75, 3.05) is 6.61 Å². The second kappa shape index (κ2) is 6.83. The van der Waals surface area contributed by atoms with Crippen molar-refractivity contribution in [1.29, 1.82) is 0 Å². The van der Waals surface area contributed by atoms with Crippen LogP contribution in [0.3, 0.4) is 0 Å². The fraction of sp³-hybridized carbons (Fsp3) is 0.316. The van der Waals surface area contributed by atoms with Crippen molar-refractivity contribution < 1.29 is 19.1 Å². The lowest BCUT2D eigenvalue weighted by atomic mass is 9.93. The number of aromatic amines is 1. The van der Waals surface area contributed by atoms with Crippen molar-refractivity contribution >= 4 is 17.5 Å². The van der Waals surface area contributed by atoms with Gasteiger partial charge < -0.3 is 9.72 Å². The van der Waals surface area contributed by atoms with Crippen LogP contribution in [0.5, 0.6) is 0 Å². The normalized spacial score (nSPS) is 10.5. The molecule has 0 radical (unpaired) electrons. The molecule has 0 spiro atoms. The number of benzene rings is 1. The van der Waals surface area contributed by atoms with Gasteiger partial charge >= 0.3 is 5.97 Å². The molecule has 0 bridgehead atoms. The SMILES string of the molecule is CC(=O)c1c[nH]c(C(=O)OCC(=O)c2cc(C)c(C)c(C)c2C)c1. The molecule has 2 aromatic rings. The van der Waals surface area contributed by atoms with E-state index in [0.717, 1.165) is 22.3 Å². The Bertz CT molecular complexity index is 830. The first-order valence-corrected chi connectivity index (χ1v) is 7.69. The number of hydrogen-bond acceptors (Lipinski definition) is 4. The second-order valence-electron chi connectivity index (χ2n) is 5.97. The molecule has 5 nitrogen and oxygen atoms in total. The summed E-state index contributed by atoms with van der Waals surface area (Å²) < 4.78 is 5.07. The maximum absolute atomic E-state index is 12.4. The van der Waals surface area contributed by atoms with E-state index in [9.17, 15) is 14.4 Å². The van der Waals surface area contributed by atoms with E-state index >= 15 is 0 Å². The Kier molecular flexibility index (Phi) is 5.02. The molecule has 1 heterocycles. The van der Waals surface area contributed by atoms with E-state index in [4.69, 9.17) is 4.74 Å². The van der Waals surface area contributed by atoms with Crippen LogP contribution in [-0.4, -0.2) is 29.1 Å². The topological polar surface area (TPSA) is 76.2 Å². The Balaban J connectivity index is 2.10. The Morgan fingerprint density at radius 2 is 1.67 bits per heavy atom. The van der Waals surface area contributed by atoms with Crippen LogP contribution in [0, 0.1) is 27.7 Å². The molecule has 5 heteroatoms. The van der Waals surface area contributed by atoms with Crippen LogP contribution < -0.4 is 0 Å². The summed E-state index contributed by atoms with van der Waals surface area (Å²) in [5, 5.41) is 0. The molecule has 0 aliphatic carbocycles. The summed E-state index contributed by atoms with van der Waals surface area (Å²) in [5.74, 6) is -1.05. The first-order chi connectivity index (χ1) is 11.2. The predicted octanol–water partition coefficient (Wildman–Crippen LogP) is 3.49. The van der Waals surface area contributed by atoms with Gasteiger partial charge in [0.2, 0.25) is 5.78 Å². The highest BCUT2D eigenvalue weighted by Gasteiger charge is 2.17. The quantitative estimate of drug-likeness (QED) is 0.673. The second-order valence-corrected chi connectivity index (χ2v) is 5.97. The van der Waals surface area contributed by atoms with E-state index in [-0.39, 0.29) is 23.9 Å². The average molecular weight is 327 g/mol. The third-order valence-corrected chi connectivity index (χ3v) is 4.43. The van der Waals surface area contributed by atoms with Crippen molar-refractivity contribution in [2.45, 2.75) is 34.6 Å². The Morgan fingerprint density at radius 3 is 2.25 bits per heavy atom. The summed E-state index contributed by atoms with van der Waals surface area (Å²) in [6.07, 6.45) is 1.44. The number of aryl methyl sites for hydroxylation is 1. The molecule has 1 aromatic carbocycles. The highest BCUT2D eigenvalue weighted by atomic mass is 16.5. The summed E-state index contributed by atoms with van der Waals surface area (Å²) in [6.45, 7) is 8.91. The fourth-order valence-electron chi connectivity index (χ4n) is 2.50. The number of esters is 1. The van der Waals surface area contributed by atoms with Gasteiger partial charge in [0.15, 0.2) is 12.4 Å². The molecule has 24 heavy (non-hydrogen) atoms. The van der Waals surface area contributed by atoms with Crippen molar-refractivity contribution in [3.8, 4) is 0 Å². The molecule has 0 aliphatic rings. The first-order valence-electron chi connectivity index (χ1n) is 7.69. The van der Waals surface area contributed by atoms with Gasteiger partial charge in [-0.05, 0) is 69.0 Å². The number of aromatic nitrogens is 1. The van der Waals surface area contributed by atoms with E-state index in [2.05, 4.69) is 4.98 Å². The number of nitrogens with one attached hydrogen (secondary N) is 1. The third-order valence-electron chi connectivity index (χ3n) is 4.43. The maximum Gasteiger partial charge on any atom is 0.355 e. The van der Waals surface area contributed by atoms with Gasteiger partial charge in [0.05, 0.1) is 0 Å². The van der Waals surface area contributed by atoms with Crippen molar-refractivity contribution in [3.63, 3.8) is 0 Å². The van der Waals surface area contributed by atoms with Gasteiger partial charge in [0, 0.05) is 17.3 Å². The monoisotopic (exact) mass is 327 g/mol. The maximum atomic E-state index is 12.4. The van der Waals surface area contributed by atoms with Crippen LogP contribution in [0.2, 0.25) is 0 Å². The number of rotatable bonds is 5. The van der Waals surface area contributed by atoms with Gasteiger partial charge in [-0.15, -0.1) is 0 Å². The molecule has 1 aromatic heterocycles. The van der Waals surface area contributed by atoms with Crippen molar-refractivity contribution in [1.82, 2.24) is 4.98 Å². The van der Waals surface area contributed by atoms with E-state index in [0.29, 0.717) is 11.1 Å². The Hall–Kier alpha value is -2.69. The molecule has 0 aliphatic heterocycles. The molecule has 0 saturated heterocycles. The molecule has 0 unspecified atom stereocenters. The molecular formula is C19H21NO4.